The van der Waals surface area contributed by atoms with E-state index in [1.165, 1.54) is 18.3 Å². The third-order valence-corrected chi connectivity index (χ3v) is 4.46. The van der Waals surface area contributed by atoms with Crippen LogP contribution in [-0.2, 0) is 10.0 Å². The minimum absolute atomic E-state index is 0.0631. The van der Waals surface area contributed by atoms with Gasteiger partial charge >= 0.3 is 0 Å². The Hall–Kier alpha value is -1.18. The van der Waals surface area contributed by atoms with Crippen LogP contribution in [0.4, 0.5) is 5.95 Å². The first-order valence-corrected chi connectivity index (χ1v) is 7.81. The first-order valence-electron chi connectivity index (χ1n) is 5.16. The Balaban J connectivity index is 2.40. The third-order valence-electron chi connectivity index (χ3n) is 2.29. The van der Waals surface area contributed by atoms with Crippen molar-refractivity contribution in [2.75, 3.05) is 4.72 Å². The van der Waals surface area contributed by atoms with Crippen LogP contribution in [-0.4, -0.2) is 18.4 Å². The van der Waals surface area contributed by atoms with Crippen molar-refractivity contribution in [3.05, 3.63) is 45.7 Å². The number of nitrogens with zero attached hydrogens (tertiary/aromatic N) is 2. The minimum atomic E-state index is -3.75. The van der Waals surface area contributed by atoms with Crippen molar-refractivity contribution in [2.24, 2.45) is 0 Å². The molecule has 0 fully saturated rings. The number of aryl methyl sites for hydroxylation is 1. The molecule has 2 rings (SSSR count). The van der Waals surface area contributed by atoms with Gasteiger partial charge in [0, 0.05) is 10.7 Å². The average molecular weight is 363 g/mol. The zero-order valence-corrected chi connectivity index (χ0v) is 12.9. The average Bonchev–Trinajstić information content (AvgIpc) is 2.31. The summed E-state index contributed by atoms with van der Waals surface area (Å²) < 4.78 is 27.4. The highest BCUT2D eigenvalue weighted by Gasteiger charge is 2.18. The Morgan fingerprint density at radius 3 is 2.74 bits per heavy atom. The van der Waals surface area contributed by atoms with Crippen LogP contribution in [0.5, 0.6) is 0 Å². The van der Waals surface area contributed by atoms with Crippen LogP contribution in [0.15, 0.2) is 39.8 Å². The number of nitrogens with one attached hydrogen (secondary N) is 1. The molecule has 0 radical (unpaired) electrons. The first kappa shape index (κ1) is 14.2. The predicted molar refractivity (Wildman–Crippen MR) is 76.7 cm³/mol. The topological polar surface area (TPSA) is 72.0 Å². The Bertz CT molecular complexity index is 722. The molecule has 1 aromatic heterocycles. The molecule has 0 aliphatic heterocycles. The van der Waals surface area contributed by atoms with Crippen LogP contribution in [0.3, 0.4) is 0 Å². The summed E-state index contributed by atoms with van der Waals surface area (Å²) in [6, 6.07) is 6.45. The van der Waals surface area contributed by atoms with Gasteiger partial charge in [-0.2, -0.15) is 0 Å². The summed E-state index contributed by atoms with van der Waals surface area (Å²) in [5, 5.41) is 0.165. The molecule has 0 unspecified atom stereocenters. The quantitative estimate of drug-likeness (QED) is 0.852. The van der Waals surface area contributed by atoms with E-state index in [4.69, 9.17) is 11.6 Å². The van der Waals surface area contributed by atoms with Gasteiger partial charge < -0.3 is 0 Å². The second-order valence-electron chi connectivity index (χ2n) is 3.72. The SMILES string of the molecule is Cc1ccc(Br)cc1S(=O)(=O)Nc1nccc(Cl)n1. The van der Waals surface area contributed by atoms with Crippen molar-refractivity contribution < 1.29 is 8.42 Å². The van der Waals surface area contributed by atoms with Crippen molar-refractivity contribution in [1.29, 1.82) is 0 Å². The molecule has 1 aromatic carbocycles. The largest absolute Gasteiger partial charge is 0.264 e. The second kappa shape index (κ2) is 5.44. The zero-order valence-electron chi connectivity index (χ0n) is 9.76. The lowest BCUT2D eigenvalue weighted by Crippen LogP contribution is -2.16. The maximum Gasteiger partial charge on any atom is 0.264 e. The third kappa shape index (κ3) is 3.43. The summed E-state index contributed by atoms with van der Waals surface area (Å²) in [6.07, 6.45) is 1.38. The summed E-state index contributed by atoms with van der Waals surface area (Å²) in [5.74, 6) is -0.0631. The van der Waals surface area contributed by atoms with Crippen LogP contribution in [0.1, 0.15) is 5.56 Å². The summed E-state index contributed by atoms with van der Waals surface area (Å²) in [6.45, 7) is 1.71. The van der Waals surface area contributed by atoms with E-state index in [1.807, 2.05) is 0 Å². The summed E-state index contributed by atoms with van der Waals surface area (Å²) in [4.78, 5) is 7.75. The highest BCUT2D eigenvalue weighted by atomic mass is 79.9. The molecular weight excluding hydrogens is 354 g/mol. The number of rotatable bonds is 3. The number of hydrogen-bond acceptors (Lipinski definition) is 4. The van der Waals surface area contributed by atoms with E-state index < -0.39 is 10.0 Å². The van der Waals surface area contributed by atoms with Crippen LogP contribution in [0, 0.1) is 6.92 Å². The Kier molecular flexibility index (Phi) is 4.07. The fourth-order valence-electron chi connectivity index (χ4n) is 1.42. The van der Waals surface area contributed by atoms with Gasteiger partial charge in [0.15, 0.2) is 0 Å². The van der Waals surface area contributed by atoms with E-state index in [1.54, 1.807) is 19.1 Å². The molecule has 0 aliphatic carbocycles. The van der Waals surface area contributed by atoms with Crippen molar-refractivity contribution in [3.63, 3.8) is 0 Å². The normalized spacial score (nSPS) is 11.3. The molecule has 8 heteroatoms. The van der Waals surface area contributed by atoms with Crippen molar-refractivity contribution in [1.82, 2.24) is 9.97 Å². The van der Waals surface area contributed by atoms with E-state index in [9.17, 15) is 8.42 Å². The standard InChI is InChI=1S/C11H9BrClN3O2S/c1-7-2-3-8(12)6-9(7)19(17,18)16-11-14-5-4-10(13)15-11/h2-6H,1H3,(H,14,15,16). The molecule has 1 heterocycles. The molecule has 0 amide bonds. The lowest BCUT2D eigenvalue weighted by atomic mass is 10.2. The van der Waals surface area contributed by atoms with E-state index in [-0.39, 0.29) is 16.0 Å². The predicted octanol–water partition coefficient (Wildman–Crippen LogP) is 3.00. The summed E-state index contributed by atoms with van der Waals surface area (Å²) in [7, 11) is -3.75. The van der Waals surface area contributed by atoms with E-state index in [2.05, 4.69) is 30.6 Å². The molecular formula is C11H9BrClN3O2S. The van der Waals surface area contributed by atoms with Crippen molar-refractivity contribution in [3.8, 4) is 0 Å². The molecule has 0 atom stereocenters. The zero-order chi connectivity index (χ0) is 14.0. The first-order chi connectivity index (χ1) is 8.88. The number of anilines is 1. The second-order valence-corrected chi connectivity index (χ2v) is 6.67. The monoisotopic (exact) mass is 361 g/mol. The number of hydrogen-bond donors (Lipinski definition) is 1. The number of halogens is 2. The Morgan fingerprint density at radius 2 is 2.05 bits per heavy atom. The Labute approximate surface area is 124 Å². The number of benzene rings is 1. The van der Waals surface area contributed by atoms with E-state index in [0.717, 1.165) is 0 Å². The van der Waals surface area contributed by atoms with Crippen LogP contribution in [0.2, 0.25) is 5.15 Å². The number of aromatic nitrogens is 2. The van der Waals surface area contributed by atoms with Crippen molar-refractivity contribution >= 4 is 43.5 Å². The molecule has 0 saturated heterocycles. The molecule has 19 heavy (non-hydrogen) atoms. The molecule has 0 bridgehead atoms. The molecule has 0 aliphatic rings. The smallest absolute Gasteiger partial charge is 0.247 e. The molecule has 0 spiro atoms. The summed E-state index contributed by atoms with van der Waals surface area (Å²) in [5.41, 5.74) is 0.623. The molecule has 100 valence electrons. The molecule has 2 aromatic rings. The van der Waals surface area contributed by atoms with Gasteiger partial charge in [-0.15, -0.1) is 0 Å². The maximum absolute atomic E-state index is 12.2. The van der Waals surface area contributed by atoms with Gasteiger partial charge in [0.05, 0.1) is 4.90 Å². The van der Waals surface area contributed by atoms with Crippen LogP contribution < -0.4 is 4.72 Å². The fraction of sp³-hybridized carbons (Fsp3) is 0.0909. The highest BCUT2D eigenvalue weighted by molar-refractivity contribution is 9.10. The van der Waals surface area contributed by atoms with Crippen molar-refractivity contribution in [2.45, 2.75) is 11.8 Å². The fourth-order valence-corrected chi connectivity index (χ4v) is 3.30. The van der Waals surface area contributed by atoms with Gasteiger partial charge in [0.2, 0.25) is 5.95 Å². The Morgan fingerprint density at radius 1 is 1.32 bits per heavy atom. The van der Waals surface area contributed by atoms with Gasteiger partial charge in [0.1, 0.15) is 5.15 Å². The van der Waals surface area contributed by atoms with Gasteiger partial charge in [-0.05, 0) is 30.7 Å². The summed E-state index contributed by atoms with van der Waals surface area (Å²) >= 11 is 8.92. The minimum Gasteiger partial charge on any atom is -0.247 e. The van der Waals surface area contributed by atoms with E-state index >= 15 is 0 Å². The van der Waals surface area contributed by atoms with Crippen LogP contribution in [0.25, 0.3) is 0 Å². The van der Waals surface area contributed by atoms with Gasteiger partial charge in [-0.1, -0.05) is 33.6 Å². The van der Waals surface area contributed by atoms with Gasteiger partial charge in [-0.25, -0.2) is 23.1 Å². The van der Waals surface area contributed by atoms with Gasteiger partial charge in [-0.3, -0.25) is 0 Å². The van der Waals surface area contributed by atoms with Crippen LogP contribution >= 0.6 is 27.5 Å². The lowest BCUT2D eigenvalue weighted by molar-refractivity contribution is 0.600. The van der Waals surface area contributed by atoms with E-state index in [0.29, 0.717) is 10.0 Å². The number of sulfonamides is 1. The maximum atomic E-state index is 12.2. The highest BCUT2D eigenvalue weighted by Crippen LogP contribution is 2.22. The molecule has 1 N–H and O–H groups in total. The molecule has 5 nitrogen and oxygen atoms in total. The van der Waals surface area contributed by atoms with Gasteiger partial charge in [0.25, 0.3) is 10.0 Å². The molecule has 0 saturated carbocycles. The lowest BCUT2D eigenvalue weighted by Gasteiger charge is -2.09.